The summed E-state index contributed by atoms with van der Waals surface area (Å²) < 4.78 is 19.8. The second kappa shape index (κ2) is 6.06. The minimum absolute atomic E-state index is 0.264. The monoisotopic (exact) mass is 323 g/mol. The maximum Gasteiger partial charge on any atom is 0.131 e. The van der Waals surface area contributed by atoms with Gasteiger partial charge in [-0.25, -0.2) is 4.39 Å². The summed E-state index contributed by atoms with van der Waals surface area (Å²) in [6.07, 6.45) is 0. The number of nitrogens with one attached hydrogen (secondary N) is 1. The summed E-state index contributed by atoms with van der Waals surface area (Å²) in [6.45, 7) is 2.45. The van der Waals surface area contributed by atoms with Gasteiger partial charge < -0.3 is 10.1 Å². The van der Waals surface area contributed by atoms with E-state index in [1.54, 1.807) is 12.1 Å². The van der Waals surface area contributed by atoms with E-state index in [1.165, 1.54) is 13.2 Å². The summed E-state index contributed by atoms with van der Waals surface area (Å²) in [5.74, 6) is 0.263. The highest BCUT2D eigenvalue weighted by Gasteiger charge is 2.05. The first kappa shape index (κ1) is 13.9. The zero-order valence-electron chi connectivity index (χ0n) is 10.8. The third kappa shape index (κ3) is 3.26. The fourth-order valence-corrected chi connectivity index (χ4v) is 2.15. The highest BCUT2D eigenvalue weighted by Crippen LogP contribution is 2.24. The topological polar surface area (TPSA) is 21.3 Å². The van der Waals surface area contributed by atoms with Gasteiger partial charge in [-0.1, -0.05) is 28.1 Å². The van der Waals surface area contributed by atoms with Gasteiger partial charge in [0.15, 0.2) is 0 Å². The first-order chi connectivity index (χ1) is 9.11. The molecule has 19 heavy (non-hydrogen) atoms. The van der Waals surface area contributed by atoms with Crippen LogP contribution in [-0.4, -0.2) is 7.11 Å². The van der Waals surface area contributed by atoms with Crippen LogP contribution >= 0.6 is 15.9 Å². The van der Waals surface area contributed by atoms with Gasteiger partial charge in [-0.15, -0.1) is 0 Å². The second-order valence-electron chi connectivity index (χ2n) is 4.22. The SMILES string of the molecule is COc1ccc(CNc2cccc(Br)c2C)c(F)c1. The lowest BCUT2D eigenvalue weighted by Crippen LogP contribution is -2.03. The van der Waals surface area contributed by atoms with Gasteiger partial charge in [0.1, 0.15) is 11.6 Å². The summed E-state index contributed by atoms with van der Waals surface area (Å²) in [4.78, 5) is 0. The maximum absolute atomic E-state index is 13.8. The molecule has 0 atom stereocenters. The lowest BCUT2D eigenvalue weighted by Gasteiger charge is -2.11. The lowest BCUT2D eigenvalue weighted by molar-refractivity contribution is 0.411. The molecular formula is C15H15BrFNO. The van der Waals surface area contributed by atoms with Crippen molar-refractivity contribution in [2.75, 3.05) is 12.4 Å². The molecule has 0 amide bonds. The molecule has 2 nitrogen and oxygen atoms in total. The van der Waals surface area contributed by atoms with Crippen molar-refractivity contribution in [1.82, 2.24) is 0 Å². The molecule has 2 aromatic rings. The van der Waals surface area contributed by atoms with Crippen molar-refractivity contribution in [3.63, 3.8) is 0 Å². The van der Waals surface area contributed by atoms with Gasteiger partial charge in [0, 0.05) is 28.3 Å². The summed E-state index contributed by atoms with van der Waals surface area (Å²) in [6, 6.07) is 10.8. The first-order valence-electron chi connectivity index (χ1n) is 5.93. The van der Waals surface area contributed by atoms with Gasteiger partial charge in [-0.05, 0) is 30.7 Å². The zero-order valence-corrected chi connectivity index (χ0v) is 12.4. The van der Waals surface area contributed by atoms with E-state index in [-0.39, 0.29) is 5.82 Å². The lowest BCUT2D eigenvalue weighted by atomic mass is 10.1. The number of hydrogen-bond donors (Lipinski definition) is 1. The van der Waals surface area contributed by atoms with E-state index in [0.29, 0.717) is 17.9 Å². The van der Waals surface area contributed by atoms with Crippen LogP contribution in [-0.2, 0) is 6.54 Å². The van der Waals surface area contributed by atoms with E-state index >= 15 is 0 Å². The van der Waals surface area contributed by atoms with E-state index < -0.39 is 0 Å². The molecule has 0 heterocycles. The molecule has 0 saturated heterocycles. The van der Waals surface area contributed by atoms with Crippen LogP contribution in [0, 0.1) is 12.7 Å². The average molecular weight is 324 g/mol. The molecule has 0 aliphatic heterocycles. The van der Waals surface area contributed by atoms with E-state index in [1.807, 2.05) is 25.1 Å². The fraction of sp³-hybridized carbons (Fsp3) is 0.200. The van der Waals surface area contributed by atoms with Gasteiger partial charge in [0.25, 0.3) is 0 Å². The van der Waals surface area contributed by atoms with E-state index in [0.717, 1.165) is 15.7 Å². The molecule has 4 heteroatoms. The van der Waals surface area contributed by atoms with Gasteiger partial charge in [-0.3, -0.25) is 0 Å². The molecule has 0 spiro atoms. The van der Waals surface area contributed by atoms with Crippen LogP contribution in [0.25, 0.3) is 0 Å². The number of halogens is 2. The first-order valence-corrected chi connectivity index (χ1v) is 6.72. The fourth-order valence-electron chi connectivity index (χ4n) is 1.79. The summed E-state index contributed by atoms with van der Waals surface area (Å²) in [5.41, 5.74) is 2.71. The Balaban J connectivity index is 2.12. The standard InChI is InChI=1S/C15H15BrFNO/c1-10-13(16)4-3-5-15(10)18-9-11-6-7-12(19-2)8-14(11)17/h3-8,18H,9H2,1-2H3. The number of methoxy groups -OCH3 is 1. The summed E-state index contributed by atoms with van der Waals surface area (Å²) in [7, 11) is 1.53. The molecule has 0 aromatic heterocycles. The van der Waals surface area contributed by atoms with Crippen molar-refractivity contribution < 1.29 is 9.13 Å². The van der Waals surface area contributed by atoms with Crippen molar-refractivity contribution in [3.8, 4) is 5.75 Å². The molecule has 0 aliphatic carbocycles. The molecule has 0 bridgehead atoms. The minimum Gasteiger partial charge on any atom is -0.497 e. The Morgan fingerprint density at radius 3 is 2.74 bits per heavy atom. The van der Waals surface area contributed by atoms with Gasteiger partial charge >= 0.3 is 0 Å². The number of benzene rings is 2. The van der Waals surface area contributed by atoms with E-state index in [2.05, 4.69) is 21.2 Å². The van der Waals surface area contributed by atoms with Crippen LogP contribution < -0.4 is 10.1 Å². The Morgan fingerprint density at radius 2 is 2.05 bits per heavy atom. The van der Waals surface area contributed by atoms with Crippen molar-refractivity contribution in [2.45, 2.75) is 13.5 Å². The van der Waals surface area contributed by atoms with E-state index in [9.17, 15) is 4.39 Å². The van der Waals surface area contributed by atoms with Crippen LogP contribution in [0.1, 0.15) is 11.1 Å². The minimum atomic E-state index is -0.264. The molecular weight excluding hydrogens is 309 g/mol. The number of ether oxygens (including phenoxy) is 1. The molecule has 1 N–H and O–H groups in total. The smallest absolute Gasteiger partial charge is 0.131 e. The average Bonchev–Trinajstić information content (AvgIpc) is 2.41. The van der Waals surface area contributed by atoms with Crippen LogP contribution in [0.15, 0.2) is 40.9 Å². The van der Waals surface area contributed by atoms with Crippen LogP contribution in [0.2, 0.25) is 0 Å². The molecule has 0 unspecified atom stereocenters. The third-order valence-electron chi connectivity index (χ3n) is 3.00. The zero-order chi connectivity index (χ0) is 13.8. The molecule has 0 fully saturated rings. The van der Waals surface area contributed by atoms with Crippen molar-refractivity contribution in [3.05, 3.63) is 57.8 Å². The van der Waals surface area contributed by atoms with Crippen molar-refractivity contribution >= 4 is 21.6 Å². The highest BCUT2D eigenvalue weighted by atomic mass is 79.9. The molecule has 2 aromatic carbocycles. The quantitative estimate of drug-likeness (QED) is 0.893. The predicted molar refractivity (Wildman–Crippen MR) is 79.2 cm³/mol. The number of hydrogen-bond acceptors (Lipinski definition) is 2. The van der Waals surface area contributed by atoms with Crippen LogP contribution in [0.3, 0.4) is 0 Å². The highest BCUT2D eigenvalue weighted by molar-refractivity contribution is 9.10. The second-order valence-corrected chi connectivity index (χ2v) is 5.08. The molecule has 0 aliphatic rings. The number of anilines is 1. The van der Waals surface area contributed by atoms with Gasteiger partial charge in [-0.2, -0.15) is 0 Å². The maximum atomic E-state index is 13.8. The Morgan fingerprint density at radius 1 is 1.26 bits per heavy atom. The van der Waals surface area contributed by atoms with Gasteiger partial charge in [0.05, 0.1) is 7.11 Å². The van der Waals surface area contributed by atoms with Crippen LogP contribution in [0.5, 0.6) is 5.75 Å². The Labute approximate surface area is 120 Å². The summed E-state index contributed by atoms with van der Waals surface area (Å²) >= 11 is 3.48. The Bertz CT molecular complexity index is 586. The molecule has 0 radical (unpaired) electrons. The third-order valence-corrected chi connectivity index (χ3v) is 3.86. The van der Waals surface area contributed by atoms with Crippen LogP contribution in [0.4, 0.5) is 10.1 Å². The Kier molecular flexibility index (Phi) is 4.43. The number of rotatable bonds is 4. The molecule has 0 saturated carbocycles. The summed E-state index contributed by atoms with van der Waals surface area (Å²) in [5, 5.41) is 3.24. The molecule has 100 valence electrons. The van der Waals surface area contributed by atoms with Crippen molar-refractivity contribution in [2.24, 2.45) is 0 Å². The van der Waals surface area contributed by atoms with Crippen molar-refractivity contribution in [1.29, 1.82) is 0 Å². The Hall–Kier alpha value is -1.55. The predicted octanol–water partition coefficient (Wildman–Crippen LogP) is 4.52. The normalized spacial score (nSPS) is 10.3. The molecule has 2 rings (SSSR count). The van der Waals surface area contributed by atoms with E-state index in [4.69, 9.17) is 4.74 Å². The van der Waals surface area contributed by atoms with Gasteiger partial charge in [0.2, 0.25) is 0 Å². The largest absolute Gasteiger partial charge is 0.497 e.